The van der Waals surface area contributed by atoms with Gasteiger partial charge >= 0.3 is 0 Å². The number of hydrogen-bond donors (Lipinski definition) is 1. The minimum Gasteiger partial charge on any atom is -0.494 e. The van der Waals surface area contributed by atoms with E-state index >= 15 is 0 Å². The van der Waals surface area contributed by atoms with Gasteiger partial charge in [-0.1, -0.05) is 60.7 Å². The van der Waals surface area contributed by atoms with E-state index in [1.165, 1.54) is 0 Å². The van der Waals surface area contributed by atoms with Crippen molar-refractivity contribution in [3.63, 3.8) is 0 Å². The normalized spacial score (nSPS) is 10.6. The highest BCUT2D eigenvalue weighted by atomic mass is 16.5. The Balaban J connectivity index is 1.87. The summed E-state index contributed by atoms with van der Waals surface area (Å²) in [5.41, 5.74) is 3.68. The molecule has 0 aliphatic heterocycles. The molecule has 3 aromatic carbocycles. The van der Waals surface area contributed by atoms with Crippen molar-refractivity contribution >= 4 is 5.91 Å². The molecule has 26 heavy (non-hydrogen) atoms. The Morgan fingerprint density at radius 3 is 2.00 bits per heavy atom. The second-order valence-electron chi connectivity index (χ2n) is 6.14. The lowest BCUT2D eigenvalue weighted by Gasteiger charge is -2.20. The van der Waals surface area contributed by atoms with Gasteiger partial charge in [0.15, 0.2) is 0 Å². The summed E-state index contributed by atoms with van der Waals surface area (Å²) in [6, 6.07) is 25.3. The number of hydrogen-bond acceptors (Lipinski definition) is 2. The monoisotopic (exact) mass is 345 g/mol. The highest BCUT2D eigenvalue weighted by Crippen LogP contribution is 2.24. The van der Waals surface area contributed by atoms with Crippen LogP contribution in [-0.2, 0) is 0 Å². The van der Waals surface area contributed by atoms with Gasteiger partial charge in [0.05, 0.1) is 12.6 Å². The molecule has 3 nitrogen and oxygen atoms in total. The predicted molar refractivity (Wildman–Crippen MR) is 105 cm³/mol. The summed E-state index contributed by atoms with van der Waals surface area (Å²) in [7, 11) is 0. The Kier molecular flexibility index (Phi) is 5.69. The second kappa shape index (κ2) is 8.34. The van der Waals surface area contributed by atoms with Crippen LogP contribution in [0.1, 0.15) is 40.0 Å². The molecule has 3 aromatic rings. The van der Waals surface area contributed by atoms with Gasteiger partial charge in [0.25, 0.3) is 5.91 Å². The molecule has 0 aromatic heterocycles. The molecule has 132 valence electrons. The Hall–Kier alpha value is -3.07. The van der Waals surface area contributed by atoms with E-state index in [2.05, 4.69) is 5.32 Å². The van der Waals surface area contributed by atoms with E-state index in [0.29, 0.717) is 12.2 Å². The highest BCUT2D eigenvalue weighted by molar-refractivity contribution is 5.95. The summed E-state index contributed by atoms with van der Waals surface area (Å²) < 4.78 is 5.56. The van der Waals surface area contributed by atoms with Crippen LogP contribution >= 0.6 is 0 Å². The first-order chi connectivity index (χ1) is 12.7. The SMILES string of the molecule is CCOc1ccc(C(=O)NC(c2ccccc2)c2ccccc2)cc1C. The van der Waals surface area contributed by atoms with E-state index in [-0.39, 0.29) is 11.9 Å². The van der Waals surface area contributed by atoms with Crippen LogP contribution in [0.5, 0.6) is 5.75 Å². The van der Waals surface area contributed by atoms with Crippen molar-refractivity contribution in [2.75, 3.05) is 6.61 Å². The maximum Gasteiger partial charge on any atom is 0.252 e. The van der Waals surface area contributed by atoms with Gasteiger partial charge in [0.1, 0.15) is 5.75 Å². The van der Waals surface area contributed by atoms with Gasteiger partial charge in [-0.3, -0.25) is 4.79 Å². The average molecular weight is 345 g/mol. The number of amides is 1. The molecule has 0 saturated heterocycles. The van der Waals surface area contributed by atoms with Crippen molar-refractivity contribution in [3.8, 4) is 5.75 Å². The number of carbonyl (C=O) groups excluding carboxylic acids is 1. The first-order valence-corrected chi connectivity index (χ1v) is 8.83. The number of nitrogens with one attached hydrogen (secondary N) is 1. The van der Waals surface area contributed by atoms with Gasteiger partial charge in [-0.25, -0.2) is 0 Å². The Bertz CT molecular complexity index is 820. The fourth-order valence-corrected chi connectivity index (χ4v) is 2.97. The van der Waals surface area contributed by atoms with Crippen molar-refractivity contribution in [3.05, 3.63) is 101 Å². The van der Waals surface area contributed by atoms with Crippen LogP contribution in [0, 0.1) is 6.92 Å². The minimum atomic E-state index is -0.197. The molecule has 0 radical (unpaired) electrons. The fraction of sp³-hybridized carbons (Fsp3) is 0.174. The summed E-state index contributed by atoms with van der Waals surface area (Å²) in [5, 5.41) is 3.16. The lowest BCUT2D eigenvalue weighted by Crippen LogP contribution is -2.29. The average Bonchev–Trinajstić information content (AvgIpc) is 2.69. The first-order valence-electron chi connectivity index (χ1n) is 8.83. The predicted octanol–water partition coefficient (Wildman–Crippen LogP) is 4.91. The Morgan fingerprint density at radius 1 is 0.923 bits per heavy atom. The van der Waals surface area contributed by atoms with Crippen LogP contribution in [0.3, 0.4) is 0 Å². The molecular weight excluding hydrogens is 322 g/mol. The highest BCUT2D eigenvalue weighted by Gasteiger charge is 2.18. The molecule has 3 heteroatoms. The Morgan fingerprint density at radius 2 is 1.50 bits per heavy atom. The summed E-state index contributed by atoms with van der Waals surface area (Å²) in [6.07, 6.45) is 0. The van der Waals surface area contributed by atoms with E-state index in [0.717, 1.165) is 22.4 Å². The molecule has 0 unspecified atom stereocenters. The van der Waals surface area contributed by atoms with Crippen LogP contribution < -0.4 is 10.1 Å². The smallest absolute Gasteiger partial charge is 0.252 e. The number of ether oxygens (including phenoxy) is 1. The zero-order chi connectivity index (χ0) is 18.4. The van der Waals surface area contributed by atoms with Crippen LogP contribution in [0.25, 0.3) is 0 Å². The zero-order valence-electron chi connectivity index (χ0n) is 15.1. The quantitative estimate of drug-likeness (QED) is 0.689. The number of carbonyl (C=O) groups is 1. The lowest BCUT2D eigenvalue weighted by molar-refractivity contribution is 0.0943. The maximum atomic E-state index is 12.9. The van der Waals surface area contributed by atoms with Gasteiger partial charge in [0.2, 0.25) is 0 Å². The van der Waals surface area contributed by atoms with Crippen molar-refractivity contribution in [2.24, 2.45) is 0 Å². The molecule has 0 atom stereocenters. The third kappa shape index (κ3) is 4.12. The van der Waals surface area contributed by atoms with Crippen molar-refractivity contribution in [2.45, 2.75) is 19.9 Å². The van der Waals surface area contributed by atoms with Gasteiger partial charge in [0, 0.05) is 5.56 Å². The van der Waals surface area contributed by atoms with Crippen molar-refractivity contribution < 1.29 is 9.53 Å². The van der Waals surface area contributed by atoms with E-state index < -0.39 is 0 Å². The van der Waals surface area contributed by atoms with Gasteiger partial charge in [-0.2, -0.15) is 0 Å². The molecular formula is C23H23NO2. The van der Waals surface area contributed by atoms with Crippen LogP contribution in [0.4, 0.5) is 0 Å². The largest absolute Gasteiger partial charge is 0.494 e. The van der Waals surface area contributed by atoms with E-state index in [1.54, 1.807) is 6.07 Å². The molecule has 0 saturated carbocycles. The summed E-state index contributed by atoms with van der Waals surface area (Å²) in [5.74, 6) is 0.709. The summed E-state index contributed by atoms with van der Waals surface area (Å²) in [4.78, 5) is 12.9. The first kappa shape index (κ1) is 17.7. The van der Waals surface area contributed by atoms with Crippen molar-refractivity contribution in [1.29, 1.82) is 0 Å². The molecule has 0 fully saturated rings. The molecule has 0 aliphatic rings. The molecule has 0 heterocycles. The van der Waals surface area contributed by atoms with Crippen LogP contribution in [-0.4, -0.2) is 12.5 Å². The number of aryl methyl sites for hydroxylation is 1. The minimum absolute atomic E-state index is 0.103. The molecule has 0 spiro atoms. The molecule has 0 bridgehead atoms. The standard InChI is InChI=1S/C23H23NO2/c1-3-26-21-15-14-20(16-17(21)2)23(25)24-22(18-10-6-4-7-11-18)19-12-8-5-9-13-19/h4-16,22H,3H2,1-2H3,(H,24,25). The van der Waals surface area contributed by atoms with E-state index in [1.807, 2.05) is 86.6 Å². The molecule has 1 N–H and O–H groups in total. The van der Waals surface area contributed by atoms with Crippen LogP contribution in [0.2, 0.25) is 0 Å². The topological polar surface area (TPSA) is 38.3 Å². The van der Waals surface area contributed by atoms with Gasteiger partial charge in [-0.05, 0) is 48.7 Å². The fourth-order valence-electron chi connectivity index (χ4n) is 2.97. The maximum absolute atomic E-state index is 12.9. The molecule has 3 rings (SSSR count). The summed E-state index contributed by atoms with van der Waals surface area (Å²) in [6.45, 7) is 4.51. The van der Waals surface area contributed by atoms with E-state index in [9.17, 15) is 4.79 Å². The Labute approximate surface area is 154 Å². The zero-order valence-corrected chi connectivity index (χ0v) is 15.1. The van der Waals surface area contributed by atoms with Crippen molar-refractivity contribution in [1.82, 2.24) is 5.32 Å². The summed E-state index contributed by atoms with van der Waals surface area (Å²) >= 11 is 0. The molecule has 0 aliphatic carbocycles. The molecule has 1 amide bonds. The third-order valence-electron chi connectivity index (χ3n) is 4.28. The van der Waals surface area contributed by atoms with Gasteiger partial charge in [-0.15, -0.1) is 0 Å². The van der Waals surface area contributed by atoms with E-state index in [4.69, 9.17) is 4.74 Å². The lowest BCUT2D eigenvalue weighted by atomic mass is 9.98. The van der Waals surface area contributed by atoms with Crippen LogP contribution in [0.15, 0.2) is 78.9 Å². The second-order valence-corrected chi connectivity index (χ2v) is 6.14. The number of benzene rings is 3. The third-order valence-corrected chi connectivity index (χ3v) is 4.28. The van der Waals surface area contributed by atoms with Gasteiger partial charge < -0.3 is 10.1 Å². The number of rotatable bonds is 6.